The molecule has 0 radical (unpaired) electrons. The summed E-state index contributed by atoms with van der Waals surface area (Å²) in [6.07, 6.45) is 21.3. The fourth-order valence-corrected chi connectivity index (χ4v) is 4.03. The van der Waals surface area contributed by atoms with Crippen LogP contribution in [0.3, 0.4) is 0 Å². The lowest BCUT2D eigenvalue weighted by atomic mass is 10.0. The van der Waals surface area contributed by atoms with E-state index in [1.807, 2.05) is 6.08 Å². The lowest BCUT2D eigenvalue weighted by molar-refractivity contribution is -0.0716. The van der Waals surface area contributed by atoms with Crippen LogP contribution in [0.5, 0.6) is 0 Å². The van der Waals surface area contributed by atoms with Gasteiger partial charge in [0, 0.05) is 0 Å². The van der Waals surface area contributed by atoms with E-state index in [9.17, 15) is 10.2 Å². The summed E-state index contributed by atoms with van der Waals surface area (Å²) in [5.41, 5.74) is 0. The molecule has 0 aromatic heterocycles. The van der Waals surface area contributed by atoms with Crippen LogP contribution in [-0.4, -0.2) is 59.6 Å². The minimum atomic E-state index is -1.07. The smallest absolute Gasteiger partial charge is 0.114 e. The fraction of sp³-hybridized carbons (Fsp3) is 0.920. The van der Waals surface area contributed by atoms with Gasteiger partial charge in [-0.3, -0.25) is 0 Å². The van der Waals surface area contributed by atoms with Gasteiger partial charge >= 0.3 is 0 Å². The standard InChI is InChI=1S/C25H48O5/c1-2-3-4-5-6-7-8-9-10-11-12-13-14-15-16-17-18-19-29-23-21-30-25(24(23)28)22(27)20-26/h17-18,22-28H,2-16,19-21H2,1H3/b18-17+/t22-,23+,24-,25-/m0/s1. The van der Waals surface area contributed by atoms with Crippen LogP contribution < -0.4 is 0 Å². The van der Waals surface area contributed by atoms with Gasteiger partial charge in [0.15, 0.2) is 0 Å². The number of aliphatic hydroxyl groups is 3. The van der Waals surface area contributed by atoms with E-state index >= 15 is 0 Å². The summed E-state index contributed by atoms with van der Waals surface area (Å²) in [6.45, 7) is 2.53. The molecule has 1 heterocycles. The van der Waals surface area contributed by atoms with E-state index in [1.54, 1.807) is 0 Å². The molecule has 1 aliphatic heterocycles. The van der Waals surface area contributed by atoms with Crippen molar-refractivity contribution in [1.29, 1.82) is 0 Å². The largest absolute Gasteiger partial charge is 0.394 e. The third-order valence-electron chi connectivity index (χ3n) is 6.03. The number of unbranched alkanes of at least 4 members (excludes halogenated alkanes) is 14. The van der Waals surface area contributed by atoms with E-state index in [2.05, 4.69) is 13.0 Å². The van der Waals surface area contributed by atoms with Gasteiger partial charge in [0.05, 0.1) is 19.8 Å². The van der Waals surface area contributed by atoms with Gasteiger partial charge in [-0.1, -0.05) is 103 Å². The zero-order valence-corrected chi connectivity index (χ0v) is 19.4. The molecule has 0 aromatic carbocycles. The topological polar surface area (TPSA) is 79.2 Å². The highest BCUT2D eigenvalue weighted by atomic mass is 16.6. The molecule has 5 heteroatoms. The van der Waals surface area contributed by atoms with Crippen molar-refractivity contribution in [2.45, 2.75) is 128 Å². The molecule has 0 saturated carbocycles. The predicted octanol–water partition coefficient (Wildman–Crippen LogP) is 4.91. The number of ether oxygens (including phenoxy) is 2. The van der Waals surface area contributed by atoms with Crippen molar-refractivity contribution < 1.29 is 24.8 Å². The van der Waals surface area contributed by atoms with Gasteiger partial charge < -0.3 is 24.8 Å². The first-order valence-electron chi connectivity index (χ1n) is 12.6. The second kappa shape index (κ2) is 19.2. The summed E-state index contributed by atoms with van der Waals surface area (Å²) in [5.74, 6) is 0. The normalized spacial score (nSPS) is 22.9. The first-order valence-corrected chi connectivity index (χ1v) is 12.6. The lowest BCUT2D eigenvalue weighted by Crippen LogP contribution is -2.41. The van der Waals surface area contributed by atoms with E-state index in [1.165, 1.54) is 89.9 Å². The molecule has 1 aliphatic rings. The molecule has 0 aromatic rings. The van der Waals surface area contributed by atoms with E-state index in [0.29, 0.717) is 6.61 Å². The molecule has 0 unspecified atom stereocenters. The maximum absolute atomic E-state index is 10.0. The molecule has 30 heavy (non-hydrogen) atoms. The number of allylic oxidation sites excluding steroid dienone is 1. The van der Waals surface area contributed by atoms with Crippen molar-refractivity contribution in [1.82, 2.24) is 0 Å². The monoisotopic (exact) mass is 428 g/mol. The Hall–Kier alpha value is -0.460. The number of hydrogen-bond acceptors (Lipinski definition) is 5. The van der Waals surface area contributed by atoms with Crippen LogP contribution in [0.4, 0.5) is 0 Å². The van der Waals surface area contributed by atoms with Gasteiger partial charge in [0.2, 0.25) is 0 Å². The number of hydrogen-bond donors (Lipinski definition) is 3. The Labute approximate surface area is 184 Å². The highest BCUT2D eigenvalue weighted by Gasteiger charge is 2.40. The molecule has 1 fully saturated rings. The molecule has 4 atom stereocenters. The molecule has 1 saturated heterocycles. The lowest BCUT2D eigenvalue weighted by Gasteiger charge is -2.20. The van der Waals surface area contributed by atoms with Crippen LogP contribution >= 0.6 is 0 Å². The van der Waals surface area contributed by atoms with Crippen LogP contribution in [-0.2, 0) is 9.47 Å². The van der Waals surface area contributed by atoms with Gasteiger partial charge in [-0.05, 0) is 12.8 Å². The summed E-state index contributed by atoms with van der Waals surface area (Å²) in [4.78, 5) is 0. The van der Waals surface area contributed by atoms with Gasteiger partial charge in [0.1, 0.15) is 24.4 Å². The molecule has 5 nitrogen and oxygen atoms in total. The van der Waals surface area contributed by atoms with Crippen molar-refractivity contribution in [3.8, 4) is 0 Å². The van der Waals surface area contributed by atoms with Crippen LogP contribution in [0.1, 0.15) is 103 Å². The Morgan fingerprint density at radius 2 is 1.40 bits per heavy atom. The van der Waals surface area contributed by atoms with Gasteiger partial charge in [-0.25, -0.2) is 0 Å². The summed E-state index contributed by atoms with van der Waals surface area (Å²) in [6, 6.07) is 0. The number of rotatable bonds is 20. The maximum atomic E-state index is 10.0. The first kappa shape index (κ1) is 27.6. The molecule has 0 aliphatic carbocycles. The quantitative estimate of drug-likeness (QED) is 0.190. The van der Waals surface area contributed by atoms with Crippen molar-refractivity contribution in [3.05, 3.63) is 12.2 Å². The summed E-state index contributed by atoms with van der Waals surface area (Å²) >= 11 is 0. The van der Waals surface area contributed by atoms with E-state index in [0.717, 1.165) is 6.42 Å². The zero-order chi connectivity index (χ0) is 21.9. The molecular formula is C25H48O5. The minimum absolute atomic E-state index is 0.246. The van der Waals surface area contributed by atoms with E-state index < -0.39 is 31.0 Å². The van der Waals surface area contributed by atoms with Crippen LogP contribution in [0.2, 0.25) is 0 Å². The van der Waals surface area contributed by atoms with E-state index in [4.69, 9.17) is 14.6 Å². The van der Waals surface area contributed by atoms with Crippen molar-refractivity contribution in [3.63, 3.8) is 0 Å². The third kappa shape index (κ3) is 13.1. The number of aliphatic hydroxyl groups excluding tert-OH is 3. The highest BCUT2D eigenvalue weighted by Crippen LogP contribution is 2.20. The predicted molar refractivity (Wildman–Crippen MR) is 123 cm³/mol. The van der Waals surface area contributed by atoms with Gasteiger partial charge in [-0.15, -0.1) is 0 Å². The Kier molecular flexibility index (Phi) is 17.7. The average Bonchev–Trinajstić information content (AvgIpc) is 3.12. The maximum Gasteiger partial charge on any atom is 0.114 e. The fourth-order valence-electron chi connectivity index (χ4n) is 4.03. The molecular weight excluding hydrogens is 380 g/mol. The van der Waals surface area contributed by atoms with Crippen LogP contribution in [0, 0.1) is 0 Å². The molecule has 0 spiro atoms. The molecule has 3 N–H and O–H groups in total. The second-order valence-electron chi connectivity index (χ2n) is 8.77. The summed E-state index contributed by atoms with van der Waals surface area (Å²) < 4.78 is 10.9. The zero-order valence-electron chi connectivity index (χ0n) is 19.4. The van der Waals surface area contributed by atoms with Crippen LogP contribution in [0.15, 0.2) is 12.2 Å². The van der Waals surface area contributed by atoms with Crippen molar-refractivity contribution in [2.24, 2.45) is 0 Å². The van der Waals surface area contributed by atoms with Crippen molar-refractivity contribution in [2.75, 3.05) is 19.8 Å². The van der Waals surface area contributed by atoms with Crippen molar-refractivity contribution >= 4 is 0 Å². The Balaban J connectivity index is 1.83. The molecule has 178 valence electrons. The molecule has 0 amide bonds. The van der Waals surface area contributed by atoms with Crippen LogP contribution in [0.25, 0.3) is 0 Å². The van der Waals surface area contributed by atoms with E-state index in [-0.39, 0.29) is 6.61 Å². The first-order chi connectivity index (χ1) is 14.7. The second-order valence-corrected chi connectivity index (χ2v) is 8.77. The third-order valence-corrected chi connectivity index (χ3v) is 6.03. The highest BCUT2D eigenvalue weighted by molar-refractivity contribution is 4.90. The Bertz CT molecular complexity index is 401. The Morgan fingerprint density at radius 1 is 0.867 bits per heavy atom. The molecule has 0 bridgehead atoms. The SMILES string of the molecule is CCCCCCCCCCCCCCCC/C=C/CO[C@@H]1CO[C@@H]([C@@H](O)CO)[C@H]1O. The summed E-state index contributed by atoms with van der Waals surface area (Å²) in [7, 11) is 0. The minimum Gasteiger partial charge on any atom is -0.394 e. The summed E-state index contributed by atoms with van der Waals surface area (Å²) in [5, 5.41) is 28.6. The molecule has 1 rings (SSSR count). The van der Waals surface area contributed by atoms with Gasteiger partial charge in [0.25, 0.3) is 0 Å². The Morgan fingerprint density at radius 3 is 1.93 bits per heavy atom. The van der Waals surface area contributed by atoms with Gasteiger partial charge in [-0.2, -0.15) is 0 Å². The average molecular weight is 429 g/mol.